The lowest BCUT2D eigenvalue weighted by Crippen LogP contribution is -2.23. The van der Waals surface area contributed by atoms with Gasteiger partial charge in [-0.15, -0.1) is 0 Å². The second-order valence-corrected chi connectivity index (χ2v) is 6.61. The summed E-state index contributed by atoms with van der Waals surface area (Å²) in [5.41, 5.74) is 1.89. The minimum atomic E-state index is -0.201. The Kier molecular flexibility index (Phi) is 8.07. The molecule has 0 fully saturated rings. The molecule has 31 heavy (non-hydrogen) atoms. The zero-order chi connectivity index (χ0) is 21.9. The first-order valence-corrected chi connectivity index (χ1v) is 9.80. The molecule has 8 nitrogen and oxygen atoms in total. The van der Waals surface area contributed by atoms with Gasteiger partial charge in [-0.1, -0.05) is 6.07 Å². The number of methoxy groups -OCH3 is 1. The van der Waals surface area contributed by atoms with Crippen molar-refractivity contribution < 1.29 is 23.5 Å². The number of amides is 2. The number of rotatable bonds is 11. The van der Waals surface area contributed by atoms with E-state index < -0.39 is 0 Å². The van der Waals surface area contributed by atoms with E-state index in [0.717, 1.165) is 5.69 Å². The van der Waals surface area contributed by atoms with Crippen molar-refractivity contribution in [1.82, 2.24) is 5.32 Å². The van der Waals surface area contributed by atoms with Gasteiger partial charge in [0, 0.05) is 30.1 Å². The normalized spacial score (nSPS) is 10.4. The van der Waals surface area contributed by atoms with E-state index in [4.69, 9.17) is 13.9 Å². The van der Waals surface area contributed by atoms with Crippen LogP contribution in [0.15, 0.2) is 71.3 Å². The quantitative estimate of drug-likeness (QED) is 0.409. The highest BCUT2D eigenvalue weighted by atomic mass is 16.5. The summed E-state index contributed by atoms with van der Waals surface area (Å²) in [6.07, 6.45) is 1.56. The summed E-state index contributed by atoms with van der Waals surface area (Å²) in [5, 5.41) is 8.64. The molecule has 0 saturated heterocycles. The molecule has 0 spiro atoms. The minimum absolute atomic E-state index is 0.0821. The molecule has 1 aromatic heterocycles. The minimum Gasteiger partial charge on any atom is -0.491 e. The summed E-state index contributed by atoms with van der Waals surface area (Å²) in [7, 11) is 1.61. The lowest BCUT2D eigenvalue weighted by molar-refractivity contribution is -0.114. The fourth-order valence-corrected chi connectivity index (χ4v) is 2.72. The lowest BCUT2D eigenvalue weighted by Gasteiger charge is -2.10. The molecular formula is C23H25N3O5. The van der Waals surface area contributed by atoms with Crippen LogP contribution >= 0.6 is 0 Å². The van der Waals surface area contributed by atoms with Crippen LogP contribution in [-0.2, 0) is 16.1 Å². The standard InChI is InChI=1S/C23H25N3O5/c1-29-12-13-31-20-5-2-4-19(14-20)26-22(27)16-24-18-9-7-17(8-10-18)23(28)25-15-21-6-3-11-30-21/h2-11,14,24H,12-13,15-16H2,1H3,(H,25,28)(H,26,27). The SMILES string of the molecule is COCCOc1cccc(NC(=O)CNc2ccc(C(=O)NCc3ccco3)cc2)c1. The molecule has 3 N–H and O–H groups in total. The first kappa shape index (κ1) is 21.9. The van der Waals surface area contributed by atoms with Crippen LogP contribution in [-0.4, -0.2) is 38.7 Å². The van der Waals surface area contributed by atoms with Crippen LogP contribution in [0.5, 0.6) is 5.75 Å². The van der Waals surface area contributed by atoms with Crippen LogP contribution in [0.1, 0.15) is 16.1 Å². The third-order valence-electron chi connectivity index (χ3n) is 4.28. The van der Waals surface area contributed by atoms with Gasteiger partial charge in [-0.3, -0.25) is 9.59 Å². The number of anilines is 2. The van der Waals surface area contributed by atoms with E-state index in [-0.39, 0.29) is 18.4 Å². The van der Waals surface area contributed by atoms with Crippen molar-refractivity contribution >= 4 is 23.2 Å². The molecule has 0 aliphatic heterocycles. The first-order valence-electron chi connectivity index (χ1n) is 9.80. The summed E-state index contributed by atoms with van der Waals surface area (Å²) in [6, 6.07) is 17.6. The Bertz CT molecular complexity index is 971. The van der Waals surface area contributed by atoms with Gasteiger partial charge in [0.25, 0.3) is 5.91 Å². The Labute approximate surface area is 180 Å². The van der Waals surface area contributed by atoms with Crippen molar-refractivity contribution in [3.05, 3.63) is 78.3 Å². The molecule has 2 aromatic carbocycles. The molecular weight excluding hydrogens is 398 g/mol. The van der Waals surface area contributed by atoms with E-state index in [1.54, 1.807) is 68.0 Å². The van der Waals surface area contributed by atoms with Gasteiger partial charge in [0.05, 0.1) is 26.0 Å². The van der Waals surface area contributed by atoms with E-state index in [9.17, 15) is 9.59 Å². The first-order chi connectivity index (χ1) is 15.1. The number of furan rings is 1. The van der Waals surface area contributed by atoms with Crippen LogP contribution in [0.2, 0.25) is 0 Å². The van der Waals surface area contributed by atoms with Crippen LogP contribution in [0.4, 0.5) is 11.4 Å². The number of hydrogen-bond donors (Lipinski definition) is 3. The van der Waals surface area contributed by atoms with Crippen molar-refractivity contribution in [2.45, 2.75) is 6.54 Å². The molecule has 0 unspecified atom stereocenters. The average Bonchev–Trinajstić information content (AvgIpc) is 3.31. The largest absolute Gasteiger partial charge is 0.491 e. The molecule has 0 radical (unpaired) electrons. The Morgan fingerprint density at radius 3 is 2.55 bits per heavy atom. The maximum absolute atomic E-state index is 12.2. The van der Waals surface area contributed by atoms with Gasteiger partial charge >= 0.3 is 0 Å². The van der Waals surface area contributed by atoms with Gasteiger partial charge in [0.15, 0.2) is 0 Å². The average molecular weight is 423 g/mol. The smallest absolute Gasteiger partial charge is 0.251 e. The molecule has 0 aliphatic rings. The fraction of sp³-hybridized carbons (Fsp3) is 0.217. The molecule has 1 heterocycles. The number of carbonyl (C=O) groups excluding carboxylic acids is 2. The zero-order valence-electron chi connectivity index (χ0n) is 17.2. The van der Waals surface area contributed by atoms with E-state index in [1.807, 2.05) is 6.07 Å². The Morgan fingerprint density at radius 2 is 1.81 bits per heavy atom. The number of carbonyl (C=O) groups is 2. The summed E-state index contributed by atoms with van der Waals surface area (Å²) in [4.78, 5) is 24.4. The summed E-state index contributed by atoms with van der Waals surface area (Å²) in [5.74, 6) is 0.941. The van der Waals surface area contributed by atoms with Crippen molar-refractivity contribution in [2.24, 2.45) is 0 Å². The fourth-order valence-electron chi connectivity index (χ4n) is 2.72. The predicted molar refractivity (Wildman–Crippen MR) is 117 cm³/mol. The van der Waals surface area contributed by atoms with Crippen molar-refractivity contribution in [3.63, 3.8) is 0 Å². The van der Waals surface area contributed by atoms with Gasteiger partial charge in [-0.2, -0.15) is 0 Å². The maximum Gasteiger partial charge on any atom is 0.251 e. The maximum atomic E-state index is 12.2. The van der Waals surface area contributed by atoms with E-state index in [0.29, 0.717) is 42.5 Å². The Morgan fingerprint density at radius 1 is 0.968 bits per heavy atom. The molecule has 0 atom stereocenters. The van der Waals surface area contributed by atoms with Gasteiger partial charge in [0.2, 0.25) is 5.91 Å². The highest BCUT2D eigenvalue weighted by Gasteiger charge is 2.07. The number of nitrogens with one attached hydrogen (secondary N) is 3. The van der Waals surface area contributed by atoms with Gasteiger partial charge in [0.1, 0.15) is 18.1 Å². The van der Waals surface area contributed by atoms with Crippen molar-refractivity contribution in [2.75, 3.05) is 37.5 Å². The second-order valence-electron chi connectivity index (χ2n) is 6.61. The van der Waals surface area contributed by atoms with Crippen LogP contribution in [0, 0.1) is 0 Å². The second kappa shape index (κ2) is 11.4. The molecule has 8 heteroatoms. The topological polar surface area (TPSA) is 102 Å². The van der Waals surface area contributed by atoms with Gasteiger partial charge < -0.3 is 29.8 Å². The molecule has 0 bridgehead atoms. The number of hydrogen-bond acceptors (Lipinski definition) is 6. The number of benzene rings is 2. The van der Waals surface area contributed by atoms with Crippen LogP contribution < -0.4 is 20.7 Å². The molecule has 0 saturated carbocycles. The summed E-state index contributed by atoms with van der Waals surface area (Å²) >= 11 is 0. The van der Waals surface area contributed by atoms with Crippen LogP contribution in [0.25, 0.3) is 0 Å². The van der Waals surface area contributed by atoms with Crippen molar-refractivity contribution in [1.29, 1.82) is 0 Å². The van der Waals surface area contributed by atoms with Crippen molar-refractivity contribution in [3.8, 4) is 5.75 Å². The molecule has 162 valence electrons. The molecule has 3 rings (SSSR count). The Balaban J connectivity index is 1.43. The van der Waals surface area contributed by atoms with E-state index >= 15 is 0 Å². The summed E-state index contributed by atoms with van der Waals surface area (Å²) < 4.78 is 15.7. The van der Waals surface area contributed by atoms with Gasteiger partial charge in [-0.25, -0.2) is 0 Å². The molecule has 3 aromatic rings. The predicted octanol–water partition coefficient (Wildman–Crippen LogP) is 3.29. The highest BCUT2D eigenvalue weighted by molar-refractivity contribution is 5.95. The third kappa shape index (κ3) is 7.20. The number of ether oxygens (including phenoxy) is 2. The monoisotopic (exact) mass is 423 g/mol. The Hall–Kier alpha value is -3.78. The summed E-state index contributed by atoms with van der Waals surface area (Å²) in [6.45, 7) is 1.33. The third-order valence-corrected chi connectivity index (χ3v) is 4.28. The van der Waals surface area contributed by atoms with Crippen LogP contribution in [0.3, 0.4) is 0 Å². The van der Waals surface area contributed by atoms with Gasteiger partial charge in [-0.05, 0) is 48.5 Å². The lowest BCUT2D eigenvalue weighted by atomic mass is 10.2. The molecule has 2 amide bonds. The van der Waals surface area contributed by atoms with E-state index in [2.05, 4.69) is 16.0 Å². The molecule has 0 aliphatic carbocycles. The van der Waals surface area contributed by atoms with E-state index in [1.165, 1.54) is 0 Å². The highest BCUT2D eigenvalue weighted by Crippen LogP contribution is 2.17. The zero-order valence-corrected chi connectivity index (χ0v) is 17.2.